The molecule has 0 spiro atoms. The number of carbonyl (C=O) groups is 4. The minimum Gasteiger partial charge on any atom is -0.391 e. The predicted molar refractivity (Wildman–Crippen MR) is 326 cm³/mol. The number of nitrogens with zero attached hydrogens (tertiary/aromatic N) is 11. The molecule has 26 nitrogen and oxygen atoms in total. The summed E-state index contributed by atoms with van der Waals surface area (Å²) in [6.07, 6.45) is 11.6. The van der Waals surface area contributed by atoms with Gasteiger partial charge in [-0.15, -0.1) is 0 Å². The molecule has 2 aliphatic rings. The quantitative estimate of drug-likeness (QED) is 0.0489. The van der Waals surface area contributed by atoms with Crippen LogP contribution in [-0.2, 0) is 11.3 Å². The molecule has 3 aromatic carbocycles. The van der Waals surface area contributed by atoms with Crippen LogP contribution in [0.1, 0.15) is 57.2 Å². The van der Waals surface area contributed by atoms with Gasteiger partial charge in [0, 0.05) is 118 Å². The first-order chi connectivity index (χ1) is 41.8. The number of H-pyrrole nitrogens is 3. The minimum absolute atomic E-state index is 0.0201. The number of aliphatic hydroxyl groups is 1. The number of aromatic amines is 3. The Hall–Kier alpha value is -10.7. The molecule has 9 heterocycles. The first-order valence-electron chi connectivity index (χ1n) is 28.0. The third-order valence-electron chi connectivity index (χ3n) is 14.0. The summed E-state index contributed by atoms with van der Waals surface area (Å²) < 4.78 is 14.6. The summed E-state index contributed by atoms with van der Waals surface area (Å²) in [5, 5.41) is 29.3. The molecule has 0 bridgehead atoms. The molecule has 2 unspecified atom stereocenters. The minimum atomic E-state index is -0.461. The fourth-order valence-electron chi connectivity index (χ4n) is 9.88. The Balaban J connectivity index is 0.000000143. The summed E-state index contributed by atoms with van der Waals surface area (Å²) in [6, 6.07) is 22.7. The Bertz CT molecular complexity index is 4000. The summed E-state index contributed by atoms with van der Waals surface area (Å²) in [6.45, 7) is 9.63. The molecule has 2 fully saturated rings. The van der Waals surface area contributed by atoms with E-state index in [1.54, 1.807) is 55.1 Å². The number of hydrogen-bond donors (Lipinski definition) is 11. The van der Waals surface area contributed by atoms with Crippen molar-refractivity contribution in [1.29, 1.82) is 0 Å². The molecule has 10 aromatic rings. The normalized spacial score (nSPS) is 14.7. The third kappa shape index (κ3) is 14.2. The average molecular weight is 1170 g/mol. The second kappa shape index (κ2) is 27.1. The number of piperidine rings is 1. The Kier molecular flexibility index (Phi) is 18.5. The number of halogens is 1. The molecule has 11 N–H and O–H groups in total. The standard InChI is InChI=1S/C21H23FN6O2.C20H20N8O.C18H21N7O2/c1-3-23-21(30)27-20-25-16-10-13(12-6-8-28(2)17(29)11-12)9-14(19(16)26-20)18-15(22)5-4-7-24-18;1-2-21-20(29)28-19-26-16-11-14(25-12-13-6-3-4-7-22-13)10-15(17(16)27-19)18-23-8-5-9-24-18;1-2-19-18(27)24-17-22-14-9-11(25-7-4-12(26)10-25)8-13(15(14)23-17)16-20-5-3-6-21-16/h4-5,7,9-10,12H,3,6,8,11H2,1-2H3,(H3,23,25,26,27,30);3-11,25H,2,12H2,1H3,(H3,21,26,27,28,29);3,5-6,8-9,12,26H,2,4,7,10H2,1H3,(H3,19,22,23,24,27). The van der Waals surface area contributed by atoms with Crippen molar-refractivity contribution in [3.8, 4) is 34.0 Å². The average Bonchev–Trinajstić information content (AvgIpc) is 2.10. The number of carbonyl (C=O) groups excluding carboxylic acids is 4. The van der Waals surface area contributed by atoms with E-state index in [1.807, 2.05) is 75.4 Å². The number of β-amino-alcohol motifs (C(OH)–C–C–N with tert-alkyl or cyclic N) is 1. The number of benzene rings is 3. The number of aromatic nitrogens is 12. The number of amides is 7. The van der Waals surface area contributed by atoms with Gasteiger partial charge in [-0.2, -0.15) is 0 Å². The van der Waals surface area contributed by atoms with E-state index in [4.69, 9.17) is 0 Å². The number of likely N-dealkylation sites (tertiary alicyclic amines) is 1. The van der Waals surface area contributed by atoms with Gasteiger partial charge in [0.15, 0.2) is 11.6 Å². The number of imidazole rings is 3. The van der Waals surface area contributed by atoms with Crippen LogP contribution in [0.15, 0.2) is 116 Å². The molecule has 7 amide bonds. The molecule has 442 valence electrons. The second-order valence-electron chi connectivity index (χ2n) is 20.0. The van der Waals surface area contributed by atoms with Crippen molar-refractivity contribution in [1.82, 2.24) is 80.7 Å². The molecule has 7 aromatic heterocycles. The molecule has 12 rings (SSSR count). The number of nitrogens with one attached hydrogen (secondary N) is 10. The van der Waals surface area contributed by atoms with Gasteiger partial charge >= 0.3 is 18.1 Å². The van der Waals surface area contributed by atoms with Crippen LogP contribution in [0.5, 0.6) is 0 Å². The lowest BCUT2D eigenvalue weighted by atomic mass is 9.87. The maximum atomic E-state index is 14.6. The largest absolute Gasteiger partial charge is 0.391 e. The topological polar surface area (TPSA) is 343 Å². The zero-order valence-electron chi connectivity index (χ0n) is 47.6. The van der Waals surface area contributed by atoms with Crippen molar-refractivity contribution < 1.29 is 28.7 Å². The van der Waals surface area contributed by atoms with E-state index in [-0.39, 0.29) is 47.7 Å². The van der Waals surface area contributed by atoms with E-state index in [2.05, 4.69) is 102 Å². The van der Waals surface area contributed by atoms with Gasteiger partial charge in [-0.1, -0.05) is 6.07 Å². The summed E-state index contributed by atoms with van der Waals surface area (Å²) in [4.78, 5) is 100. The summed E-state index contributed by atoms with van der Waals surface area (Å²) in [5.41, 5.74) is 9.90. The number of urea groups is 3. The van der Waals surface area contributed by atoms with Gasteiger partial charge in [-0.25, -0.2) is 53.7 Å². The van der Waals surface area contributed by atoms with Crippen LogP contribution in [0.3, 0.4) is 0 Å². The Morgan fingerprint density at radius 3 is 1.70 bits per heavy atom. The van der Waals surface area contributed by atoms with E-state index in [0.29, 0.717) is 96.9 Å². The molecule has 86 heavy (non-hydrogen) atoms. The first kappa shape index (κ1) is 58.5. The van der Waals surface area contributed by atoms with Crippen LogP contribution >= 0.6 is 0 Å². The lowest BCUT2D eigenvalue weighted by Crippen LogP contribution is -2.34. The van der Waals surface area contributed by atoms with Gasteiger partial charge < -0.3 is 51.1 Å². The highest BCUT2D eigenvalue weighted by atomic mass is 19.1. The van der Waals surface area contributed by atoms with Crippen molar-refractivity contribution >= 4 is 86.3 Å². The van der Waals surface area contributed by atoms with Crippen molar-refractivity contribution in [2.45, 2.75) is 58.6 Å². The summed E-state index contributed by atoms with van der Waals surface area (Å²) in [7, 11) is 1.80. The fraction of sp³-hybridized carbons (Fsp3) is 0.271. The molecule has 2 aliphatic heterocycles. The lowest BCUT2D eigenvalue weighted by molar-refractivity contribution is -0.132. The van der Waals surface area contributed by atoms with Crippen molar-refractivity contribution in [3.63, 3.8) is 0 Å². The van der Waals surface area contributed by atoms with Gasteiger partial charge in [0.05, 0.1) is 34.9 Å². The molecule has 2 saturated heterocycles. The van der Waals surface area contributed by atoms with Gasteiger partial charge in [0.1, 0.15) is 28.1 Å². The van der Waals surface area contributed by atoms with Crippen LogP contribution in [-0.4, -0.2) is 146 Å². The molecule has 0 aliphatic carbocycles. The molecular weight excluding hydrogens is 1100 g/mol. The first-order valence-corrected chi connectivity index (χ1v) is 28.0. The second-order valence-corrected chi connectivity index (χ2v) is 20.0. The van der Waals surface area contributed by atoms with Crippen molar-refractivity contribution in [3.05, 3.63) is 133 Å². The smallest absolute Gasteiger partial charge is 0.321 e. The highest BCUT2D eigenvalue weighted by molar-refractivity contribution is 5.99. The number of pyridine rings is 2. The van der Waals surface area contributed by atoms with Crippen molar-refractivity contribution in [2.24, 2.45) is 0 Å². The van der Waals surface area contributed by atoms with E-state index in [0.717, 1.165) is 64.2 Å². The van der Waals surface area contributed by atoms with Gasteiger partial charge in [-0.3, -0.25) is 30.7 Å². The van der Waals surface area contributed by atoms with Gasteiger partial charge in [0.25, 0.3) is 0 Å². The molecule has 27 heteroatoms. The summed E-state index contributed by atoms with van der Waals surface area (Å²) in [5.74, 6) is 1.71. The SMILES string of the molecule is CCNC(=O)Nc1nc2c(-c3ncccc3F)cc(C3CCN(C)C(=O)C3)cc2[nH]1.CCNC(=O)Nc1nc2c(-c3ncccn3)cc(N3CCC(O)C3)cc2[nH]1.CCNC(=O)Nc1nc2c(-c3ncccn3)cc(NCc3ccccn3)cc2[nH]1. The maximum absolute atomic E-state index is 14.6. The lowest BCUT2D eigenvalue weighted by Gasteiger charge is -2.29. The van der Waals surface area contributed by atoms with Gasteiger partial charge in [0.2, 0.25) is 23.8 Å². The van der Waals surface area contributed by atoms with Crippen LogP contribution in [0.25, 0.3) is 67.1 Å². The van der Waals surface area contributed by atoms with Gasteiger partial charge in [-0.05, 0) is 118 Å². The monoisotopic (exact) mass is 1170 g/mol. The Morgan fingerprint density at radius 2 is 1.16 bits per heavy atom. The molecule has 0 saturated carbocycles. The van der Waals surface area contributed by atoms with Crippen LogP contribution in [0, 0.1) is 5.82 Å². The maximum Gasteiger partial charge on any atom is 0.321 e. The number of aliphatic hydroxyl groups excluding tert-OH is 1. The number of hydrogen-bond acceptors (Lipinski definition) is 16. The Labute approximate surface area is 492 Å². The van der Waals surface area contributed by atoms with E-state index >= 15 is 0 Å². The fourth-order valence-corrected chi connectivity index (χ4v) is 9.88. The predicted octanol–water partition coefficient (Wildman–Crippen LogP) is 8.14. The van der Waals surface area contributed by atoms with E-state index in [1.165, 1.54) is 18.3 Å². The highest BCUT2D eigenvalue weighted by Gasteiger charge is 2.28. The number of fused-ring (bicyclic) bond motifs is 3. The summed E-state index contributed by atoms with van der Waals surface area (Å²) >= 11 is 0. The van der Waals surface area contributed by atoms with E-state index in [9.17, 15) is 28.7 Å². The molecular formula is C59H64FN21O5. The number of rotatable bonds is 14. The van der Waals surface area contributed by atoms with Crippen LogP contribution in [0.4, 0.5) is 48.0 Å². The van der Waals surface area contributed by atoms with Crippen LogP contribution in [0.2, 0.25) is 0 Å². The zero-order valence-corrected chi connectivity index (χ0v) is 47.6. The third-order valence-corrected chi connectivity index (χ3v) is 14.0. The number of anilines is 5. The van der Waals surface area contributed by atoms with Crippen LogP contribution < -0.4 is 42.1 Å². The van der Waals surface area contributed by atoms with E-state index < -0.39 is 5.82 Å². The molecule has 2 atom stereocenters. The molecule has 0 radical (unpaired) electrons. The Morgan fingerprint density at radius 1 is 0.616 bits per heavy atom. The van der Waals surface area contributed by atoms with Crippen molar-refractivity contribution in [2.75, 3.05) is 72.5 Å². The highest BCUT2D eigenvalue weighted by Crippen LogP contribution is 2.37. The zero-order chi connectivity index (χ0) is 60.1.